The molecule has 0 aliphatic carbocycles. The Kier molecular flexibility index (Phi) is 1.73. The first-order valence-electron chi connectivity index (χ1n) is 2.19. The van der Waals surface area contributed by atoms with Gasteiger partial charge in [-0.3, -0.25) is 4.79 Å². The van der Waals surface area contributed by atoms with Crippen LogP contribution >= 0.6 is 24.0 Å². The lowest BCUT2D eigenvalue weighted by atomic mass is 10.6. The average Bonchev–Trinajstić information content (AvgIpc) is 2.10. The van der Waals surface area contributed by atoms with Gasteiger partial charge >= 0.3 is 0 Å². The Morgan fingerprint density at radius 2 is 2.44 bits per heavy atom. The fourth-order valence-electron chi connectivity index (χ4n) is 0.436. The number of rotatable bonds is 0. The summed E-state index contributed by atoms with van der Waals surface area (Å²) >= 11 is 5.85. The smallest absolute Gasteiger partial charge is 0.265 e. The van der Waals surface area contributed by atoms with Crippen molar-refractivity contribution in [1.82, 2.24) is 5.32 Å². The van der Waals surface area contributed by atoms with Crippen LogP contribution in [0.15, 0.2) is 11.1 Å². The van der Waals surface area contributed by atoms with Gasteiger partial charge in [-0.1, -0.05) is 24.0 Å². The lowest BCUT2D eigenvalue weighted by Gasteiger charge is -1.82. The molecular weight excluding hydrogens is 156 g/mol. The summed E-state index contributed by atoms with van der Waals surface area (Å²) in [4.78, 5) is 11.1. The fraction of sp³-hybridized carbons (Fsp3) is 0. The molecule has 1 fully saturated rings. The minimum Gasteiger partial charge on any atom is -0.404 e. The second-order valence-electron chi connectivity index (χ2n) is 1.37. The maximum atomic E-state index is 10.6. The number of thiocarbonyl (C=S) groups is 1. The second-order valence-corrected chi connectivity index (χ2v) is 3.09. The zero-order chi connectivity index (χ0) is 6.85. The van der Waals surface area contributed by atoms with Crippen LogP contribution in [0.4, 0.5) is 0 Å². The van der Waals surface area contributed by atoms with E-state index in [1.165, 1.54) is 18.0 Å². The maximum Gasteiger partial charge on any atom is 0.265 e. The van der Waals surface area contributed by atoms with Gasteiger partial charge in [0.1, 0.15) is 4.32 Å². The Balaban J connectivity index is 2.81. The summed E-state index contributed by atoms with van der Waals surface area (Å²) in [6, 6.07) is 0. The summed E-state index contributed by atoms with van der Waals surface area (Å²) in [5.74, 6) is -0.201. The van der Waals surface area contributed by atoms with Gasteiger partial charge in [0.15, 0.2) is 0 Å². The third kappa shape index (κ3) is 1.22. The predicted molar refractivity (Wildman–Crippen MR) is 40.6 cm³/mol. The third-order valence-electron chi connectivity index (χ3n) is 0.793. The summed E-state index contributed by atoms with van der Waals surface area (Å²) < 4.78 is 0.469. The first kappa shape index (κ1) is 6.57. The van der Waals surface area contributed by atoms with Crippen molar-refractivity contribution in [3.8, 4) is 0 Å². The van der Waals surface area contributed by atoms with Crippen molar-refractivity contribution < 1.29 is 4.79 Å². The van der Waals surface area contributed by atoms with Crippen molar-refractivity contribution >= 4 is 34.2 Å². The molecule has 0 aromatic rings. The molecule has 0 unspecified atom stereocenters. The normalized spacial score (nSPS) is 22.9. The second kappa shape index (κ2) is 2.36. The number of carbonyl (C=O) groups is 1. The first-order valence-corrected chi connectivity index (χ1v) is 3.41. The molecule has 1 aliphatic heterocycles. The van der Waals surface area contributed by atoms with Gasteiger partial charge in [-0.2, -0.15) is 0 Å². The number of carbonyl (C=O) groups excluding carboxylic acids is 1. The van der Waals surface area contributed by atoms with Crippen molar-refractivity contribution in [2.45, 2.75) is 0 Å². The zero-order valence-electron chi connectivity index (χ0n) is 4.38. The quantitative estimate of drug-likeness (QED) is 0.385. The number of thioether (sulfide) groups is 1. The molecule has 0 saturated carbocycles. The van der Waals surface area contributed by atoms with E-state index in [9.17, 15) is 4.79 Å². The molecule has 0 spiro atoms. The van der Waals surface area contributed by atoms with Crippen molar-refractivity contribution in [1.29, 1.82) is 0 Å². The number of amides is 1. The number of hydrogen-bond donors (Lipinski definition) is 2. The highest BCUT2D eigenvalue weighted by atomic mass is 32.2. The first-order chi connectivity index (χ1) is 4.24. The van der Waals surface area contributed by atoms with E-state index in [0.717, 1.165) is 0 Å². The van der Waals surface area contributed by atoms with Crippen LogP contribution in [-0.4, -0.2) is 10.2 Å². The van der Waals surface area contributed by atoms with Crippen molar-refractivity contribution in [2.24, 2.45) is 5.73 Å². The molecule has 1 rings (SSSR count). The highest BCUT2D eigenvalue weighted by Crippen LogP contribution is 2.21. The van der Waals surface area contributed by atoms with E-state index in [0.29, 0.717) is 9.23 Å². The molecule has 0 radical (unpaired) electrons. The lowest BCUT2D eigenvalue weighted by Crippen LogP contribution is -2.17. The van der Waals surface area contributed by atoms with Crippen molar-refractivity contribution in [3.63, 3.8) is 0 Å². The van der Waals surface area contributed by atoms with E-state index < -0.39 is 0 Å². The van der Waals surface area contributed by atoms with E-state index in [4.69, 9.17) is 5.73 Å². The van der Waals surface area contributed by atoms with Gasteiger partial charge in [-0.05, 0) is 0 Å². The molecule has 1 saturated heterocycles. The van der Waals surface area contributed by atoms with Crippen LogP contribution in [-0.2, 0) is 4.79 Å². The monoisotopic (exact) mass is 160 g/mol. The summed E-state index contributed by atoms with van der Waals surface area (Å²) in [6.07, 6.45) is 1.25. The van der Waals surface area contributed by atoms with Gasteiger partial charge < -0.3 is 11.1 Å². The predicted octanol–water partition coefficient (Wildman–Crippen LogP) is -0.0656. The van der Waals surface area contributed by atoms with Crippen LogP contribution in [0.5, 0.6) is 0 Å². The summed E-state index contributed by atoms with van der Waals surface area (Å²) in [6.45, 7) is 0. The molecule has 9 heavy (non-hydrogen) atoms. The Hall–Kier alpha value is -0.550. The van der Waals surface area contributed by atoms with Crippen LogP contribution in [0.1, 0.15) is 0 Å². The molecular formula is C4H4N2OS2. The van der Waals surface area contributed by atoms with E-state index in [-0.39, 0.29) is 5.91 Å². The Morgan fingerprint density at radius 1 is 1.78 bits per heavy atom. The number of nitrogens with one attached hydrogen (secondary N) is 1. The highest BCUT2D eigenvalue weighted by molar-refractivity contribution is 8.26. The Labute approximate surface area is 61.7 Å². The van der Waals surface area contributed by atoms with Crippen LogP contribution in [0.25, 0.3) is 0 Å². The van der Waals surface area contributed by atoms with Crippen LogP contribution in [0.3, 0.4) is 0 Å². The summed E-state index contributed by atoms with van der Waals surface area (Å²) in [5.41, 5.74) is 5.08. The van der Waals surface area contributed by atoms with E-state index in [2.05, 4.69) is 17.5 Å². The van der Waals surface area contributed by atoms with Crippen LogP contribution in [0, 0.1) is 0 Å². The molecule has 0 bridgehead atoms. The minimum absolute atomic E-state index is 0.201. The average molecular weight is 160 g/mol. The van der Waals surface area contributed by atoms with Gasteiger partial charge in [0.25, 0.3) is 5.91 Å². The summed E-state index contributed by atoms with van der Waals surface area (Å²) in [5, 5.41) is 2.42. The third-order valence-corrected chi connectivity index (χ3v) is 1.97. The van der Waals surface area contributed by atoms with Gasteiger partial charge in [0.2, 0.25) is 0 Å². The fourth-order valence-corrected chi connectivity index (χ4v) is 1.35. The standard InChI is InChI=1S/C4H4N2OS2/c5-1-2-3(7)6-4(8)9-2/h1H,5H2,(H,6,7,8). The number of hydrogen-bond acceptors (Lipinski definition) is 4. The zero-order valence-corrected chi connectivity index (χ0v) is 6.01. The topological polar surface area (TPSA) is 55.1 Å². The maximum absolute atomic E-state index is 10.6. The van der Waals surface area contributed by atoms with Gasteiger partial charge in [0.05, 0.1) is 4.91 Å². The molecule has 0 aromatic heterocycles. The van der Waals surface area contributed by atoms with E-state index >= 15 is 0 Å². The Morgan fingerprint density at radius 3 is 2.67 bits per heavy atom. The molecule has 5 heteroatoms. The molecule has 0 aromatic carbocycles. The molecule has 48 valence electrons. The molecule has 1 aliphatic rings. The SMILES string of the molecule is NC=C1SC(=S)NC1=O. The molecule has 3 N–H and O–H groups in total. The lowest BCUT2D eigenvalue weighted by molar-refractivity contribution is -0.115. The van der Waals surface area contributed by atoms with Gasteiger partial charge in [0, 0.05) is 6.20 Å². The van der Waals surface area contributed by atoms with Gasteiger partial charge in [-0.25, -0.2) is 0 Å². The van der Waals surface area contributed by atoms with E-state index in [1.54, 1.807) is 0 Å². The van der Waals surface area contributed by atoms with Crippen molar-refractivity contribution in [3.05, 3.63) is 11.1 Å². The van der Waals surface area contributed by atoms with Crippen molar-refractivity contribution in [2.75, 3.05) is 0 Å². The summed E-state index contributed by atoms with van der Waals surface area (Å²) in [7, 11) is 0. The van der Waals surface area contributed by atoms with Gasteiger partial charge in [-0.15, -0.1) is 0 Å². The molecule has 1 amide bonds. The molecule has 0 atom stereocenters. The molecule has 1 heterocycles. The Bertz CT molecular complexity index is 199. The highest BCUT2D eigenvalue weighted by Gasteiger charge is 2.20. The van der Waals surface area contributed by atoms with Crippen LogP contribution in [0.2, 0.25) is 0 Å². The van der Waals surface area contributed by atoms with E-state index in [1.807, 2.05) is 0 Å². The van der Waals surface area contributed by atoms with Crippen LogP contribution < -0.4 is 11.1 Å². The molecule has 3 nitrogen and oxygen atoms in total. The largest absolute Gasteiger partial charge is 0.404 e. The minimum atomic E-state index is -0.201. The number of nitrogens with two attached hydrogens (primary N) is 1.